The van der Waals surface area contributed by atoms with Crippen LogP contribution in [0.1, 0.15) is 16.1 Å². The first-order chi connectivity index (χ1) is 13.6. The quantitative estimate of drug-likeness (QED) is 0.558. The molecule has 2 heterocycles. The molecule has 0 atom stereocenters. The lowest BCUT2D eigenvalue weighted by Crippen LogP contribution is -2.14. The van der Waals surface area contributed by atoms with Gasteiger partial charge in [-0.05, 0) is 42.5 Å². The average Bonchev–Trinajstić information content (AvgIpc) is 3.11. The molecule has 4 aromatic rings. The van der Waals surface area contributed by atoms with Gasteiger partial charge in [0.25, 0.3) is 5.91 Å². The van der Waals surface area contributed by atoms with Crippen LogP contribution in [0.3, 0.4) is 0 Å². The van der Waals surface area contributed by atoms with E-state index in [0.29, 0.717) is 11.4 Å². The molecule has 0 aliphatic heterocycles. The molecular weight excluding hydrogens is 364 g/mol. The van der Waals surface area contributed by atoms with Crippen LogP contribution in [0.5, 0.6) is 5.75 Å². The van der Waals surface area contributed by atoms with E-state index in [1.54, 1.807) is 24.3 Å². The SMILES string of the molecule is O=C(Nc1cccc(OCc2cn3ccccc3n2)c1)c1cc(F)ccc1F. The Morgan fingerprint density at radius 1 is 1.07 bits per heavy atom. The zero-order valence-corrected chi connectivity index (χ0v) is 14.6. The van der Waals surface area contributed by atoms with Gasteiger partial charge in [0.1, 0.15) is 29.6 Å². The van der Waals surface area contributed by atoms with Crippen LogP contribution in [-0.4, -0.2) is 15.3 Å². The highest BCUT2D eigenvalue weighted by molar-refractivity contribution is 6.04. The molecule has 0 spiro atoms. The molecule has 5 nitrogen and oxygen atoms in total. The van der Waals surface area contributed by atoms with Crippen LogP contribution < -0.4 is 10.1 Å². The lowest BCUT2D eigenvalue weighted by Gasteiger charge is -2.09. The van der Waals surface area contributed by atoms with Gasteiger partial charge in [0.2, 0.25) is 0 Å². The summed E-state index contributed by atoms with van der Waals surface area (Å²) in [4.78, 5) is 16.7. The van der Waals surface area contributed by atoms with Gasteiger partial charge in [-0.2, -0.15) is 0 Å². The normalized spacial score (nSPS) is 10.8. The van der Waals surface area contributed by atoms with E-state index in [-0.39, 0.29) is 12.2 Å². The molecule has 7 heteroatoms. The summed E-state index contributed by atoms with van der Waals surface area (Å²) in [5.74, 6) is -1.71. The van der Waals surface area contributed by atoms with Crippen LogP contribution in [0.15, 0.2) is 73.1 Å². The van der Waals surface area contributed by atoms with Crippen LogP contribution in [0, 0.1) is 11.6 Å². The first-order valence-electron chi connectivity index (χ1n) is 8.50. The smallest absolute Gasteiger partial charge is 0.258 e. The summed E-state index contributed by atoms with van der Waals surface area (Å²) in [7, 11) is 0. The second-order valence-electron chi connectivity index (χ2n) is 6.09. The minimum absolute atomic E-state index is 0.248. The van der Waals surface area contributed by atoms with Crippen molar-refractivity contribution in [3.63, 3.8) is 0 Å². The second kappa shape index (κ2) is 7.48. The number of anilines is 1. The minimum atomic E-state index is -0.793. The molecule has 0 aliphatic rings. The van der Waals surface area contributed by atoms with E-state index < -0.39 is 17.5 Å². The van der Waals surface area contributed by atoms with E-state index >= 15 is 0 Å². The molecule has 1 amide bonds. The van der Waals surface area contributed by atoms with E-state index in [0.717, 1.165) is 29.5 Å². The van der Waals surface area contributed by atoms with Crippen LogP contribution in [0.25, 0.3) is 5.65 Å². The molecule has 2 aromatic heterocycles. The Balaban J connectivity index is 1.45. The van der Waals surface area contributed by atoms with Crippen LogP contribution in [-0.2, 0) is 6.61 Å². The first-order valence-corrected chi connectivity index (χ1v) is 8.50. The van der Waals surface area contributed by atoms with Gasteiger partial charge in [0, 0.05) is 24.1 Å². The largest absolute Gasteiger partial charge is 0.487 e. The molecule has 0 aliphatic carbocycles. The highest BCUT2D eigenvalue weighted by atomic mass is 19.1. The predicted octanol–water partition coefficient (Wildman–Crippen LogP) is 4.44. The molecule has 4 rings (SSSR count). The van der Waals surface area contributed by atoms with Crippen molar-refractivity contribution in [1.29, 1.82) is 0 Å². The highest BCUT2D eigenvalue weighted by Crippen LogP contribution is 2.20. The Kier molecular flexibility index (Phi) is 4.72. The summed E-state index contributed by atoms with van der Waals surface area (Å²) < 4.78 is 34.6. The molecule has 0 fully saturated rings. The number of aromatic nitrogens is 2. The van der Waals surface area contributed by atoms with E-state index in [9.17, 15) is 13.6 Å². The van der Waals surface area contributed by atoms with Crippen molar-refractivity contribution in [3.8, 4) is 5.75 Å². The number of nitrogens with zero attached hydrogens (tertiary/aromatic N) is 2. The number of carbonyl (C=O) groups excluding carboxylic acids is 1. The molecule has 2 aromatic carbocycles. The lowest BCUT2D eigenvalue weighted by molar-refractivity contribution is 0.102. The molecule has 0 bridgehead atoms. The third kappa shape index (κ3) is 3.83. The molecule has 1 N–H and O–H groups in total. The van der Waals surface area contributed by atoms with Crippen molar-refractivity contribution < 1.29 is 18.3 Å². The number of hydrogen-bond donors (Lipinski definition) is 1. The fraction of sp³-hybridized carbons (Fsp3) is 0.0476. The predicted molar refractivity (Wildman–Crippen MR) is 100 cm³/mol. The monoisotopic (exact) mass is 379 g/mol. The topological polar surface area (TPSA) is 55.6 Å². The number of pyridine rings is 1. The summed E-state index contributed by atoms with van der Waals surface area (Å²) in [5.41, 5.74) is 1.61. The molecule has 28 heavy (non-hydrogen) atoms. The van der Waals surface area contributed by atoms with Crippen molar-refractivity contribution in [2.24, 2.45) is 0 Å². The second-order valence-corrected chi connectivity index (χ2v) is 6.09. The number of rotatable bonds is 5. The number of imidazole rings is 1. The third-order valence-corrected chi connectivity index (χ3v) is 4.07. The van der Waals surface area contributed by atoms with Gasteiger partial charge in [-0.1, -0.05) is 12.1 Å². The van der Waals surface area contributed by atoms with E-state index in [1.807, 2.05) is 35.0 Å². The van der Waals surface area contributed by atoms with Crippen molar-refractivity contribution in [2.75, 3.05) is 5.32 Å². The molecule has 140 valence electrons. The van der Waals surface area contributed by atoms with Crippen molar-refractivity contribution in [3.05, 3.63) is 95.9 Å². The van der Waals surface area contributed by atoms with Gasteiger partial charge < -0.3 is 14.5 Å². The summed E-state index contributed by atoms with van der Waals surface area (Å²) in [5, 5.41) is 2.54. The summed E-state index contributed by atoms with van der Waals surface area (Å²) in [6, 6.07) is 15.1. The zero-order chi connectivity index (χ0) is 19.5. The number of ether oxygens (including phenoxy) is 1. The first kappa shape index (κ1) is 17.7. The van der Waals surface area contributed by atoms with E-state index in [1.165, 1.54) is 0 Å². The average molecular weight is 379 g/mol. The van der Waals surface area contributed by atoms with Crippen molar-refractivity contribution in [1.82, 2.24) is 9.38 Å². The van der Waals surface area contributed by atoms with Gasteiger partial charge in [0.05, 0.1) is 11.3 Å². The number of carbonyl (C=O) groups is 1. The molecule has 0 radical (unpaired) electrons. The fourth-order valence-corrected chi connectivity index (χ4v) is 2.75. The lowest BCUT2D eigenvalue weighted by atomic mass is 10.2. The summed E-state index contributed by atoms with van der Waals surface area (Å²) >= 11 is 0. The summed E-state index contributed by atoms with van der Waals surface area (Å²) in [6.07, 6.45) is 3.77. The molecule has 0 saturated heterocycles. The maximum atomic E-state index is 13.7. The standard InChI is InChI=1S/C21H15F2N3O2/c22-14-7-8-19(23)18(10-14)21(27)25-15-4-3-5-17(11-15)28-13-16-12-26-9-2-1-6-20(26)24-16/h1-12H,13H2,(H,25,27). The van der Waals surface area contributed by atoms with E-state index in [4.69, 9.17) is 4.74 Å². The molecular formula is C21H15F2N3O2. The number of amides is 1. The number of nitrogens with one attached hydrogen (secondary N) is 1. The zero-order valence-electron chi connectivity index (χ0n) is 14.6. The third-order valence-electron chi connectivity index (χ3n) is 4.07. The Hall–Kier alpha value is -3.74. The number of halogens is 2. The molecule has 0 unspecified atom stereocenters. The Bertz CT molecular complexity index is 1120. The van der Waals surface area contributed by atoms with Gasteiger partial charge in [0.15, 0.2) is 0 Å². The van der Waals surface area contributed by atoms with Gasteiger partial charge >= 0.3 is 0 Å². The molecule has 0 saturated carbocycles. The highest BCUT2D eigenvalue weighted by Gasteiger charge is 2.13. The van der Waals surface area contributed by atoms with Crippen LogP contribution in [0.4, 0.5) is 14.5 Å². The van der Waals surface area contributed by atoms with Gasteiger partial charge in [-0.15, -0.1) is 0 Å². The maximum absolute atomic E-state index is 13.7. The van der Waals surface area contributed by atoms with Crippen molar-refractivity contribution in [2.45, 2.75) is 6.61 Å². The fourth-order valence-electron chi connectivity index (χ4n) is 2.75. The number of fused-ring (bicyclic) bond motifs is 1. The van der Waals surface area contributed by atoms with E-state index in [2.05, 4.69) is 10.3 Å². The maximum Gasteiger partial charge on any atom is 0.258 e. The Labute approximate surface area is 159 Å². The Morgan fingerprint density at radius 3 is 2.82 bits per heavy atom. The Morgan fingerprint density at radius 2 is 1.96 bits per heavy atom. The van der Waals surface area contributed by atoms with Gasteiger partial charge in [-0.3, -0.25) is 4.79 Å². The van der Waals surface area contributed by atoms with Crippen molar-refractivity contribution >= 4 is 17.2 Å². The summed E-state index contributed by atoms with van der Waals surface area (Å²) in [6.45, 7) is 0.248. The van der Waals surface area contributed by atoms with Crippen LogP contribution >= 0.6 is 0 Å². The minimum Gasteiger partial charge on any atom is -0.487 e. The number of benzene rings is 2. The van der Waals surface area contributed by atoms with Gasteiger partial charge in [-0.25, -0.2) is 13.8 Å². The van der Waals surface area contributed by atoms with Crippen LogP contribution in [0.2, 0.25) is 0 Å². The number of hydrogen-bond acceptors (Lipinski definition) is 3.